The predicted molar refractivity (Wildman–Crippen MR) is 176 cm³/mol. The predicted octanol–water partition coefficient (Wildman–Crippen LogP) is -2.75. The Hall–Kier alpha value is -0.461. The number of phenols is 2. The maximum Gasteiger partial charge on any atom is 1.00 e. The molecule has 16 nitrogen and oxygen atoms in total. The van der Waals surface area contributed by atoms with E-state index in [2.05, 4.69) is 0 Å². The molecule has 280 valence electrons. The summed E-state index contributed by atoms with van der Waals surface area (Å²) in [6, 6.07) is 9.55. The summed E-state index contributed by atoms with van der Waals surface area (Å²) < 4.78 is 25.2. The molecule has 2 aromatic rings. The first-order valence-corrected chi connectivity index (χ1v) is 18.4. The van der Waals surface area contributed by atoms with E-state index in [1.54, 1.807) is 32.0 Å². The molecule has 2 aromatic carbocycles. The number of unbranched alkanes of at least 4 members (excludes halogenated alkanes) is 1. The van der Waals surface area contributed by atoms with Crippen LogP contribution in [-0.2, 0) is 39.3 Å². The molecule has 13 N–H and O–H groups in total. The second-order valence-corrected chi connectivity index (χ2v) is 13.9. The van der Waals surface area contributed by atoms with Gasteiger partial charge in [0.1, 0.15) is 23.1 Å². The molecule has 0 aliphatic carbocycles. The zero-order valence-corrected chi connectivity index (χ0v) is 33.1. The molecule has 4 atom stereocenters. The molecule has 0 saturated carbocycles. The minimum atomic E-state index is -5.09. The van der Waals surface area contributed by atoms with Crippen molar-refractivity contribution in [1.29, 1.82) is 0 Å². The normalized spacial score (nSPS) is 13.8. The fourth-order valence-corrected chi connectivity index (χ4v) is 6.61. The van der Waals surface area contributed by atoms with Crippen LogP contribution in [0.5, 0.6) is 11.5 Å². The van der Waals surface area contributed by atoms with Crippen molar-refractivity contribution in [3.63, 3.8) is 0 Å². The van der Waals surface area contributed by atoms with Gasteiger partial charge in [0.25, 0.3) is 0 Å². The van der Waals surface area contributed by atoms with Crippen LogP contribution in [-0.4, -0.2) is 128 Å². The Morgan fingerprint density at radius 2 is 1.00 bits per heavy atom. The van der Waals surface area contributed by atoms with E-state index in [1.165, 1.54) is 35.2 Å². The fraction of sp³-hybridized carbons (Fsp3) is 0.586. The number of para-hydroxylation sites is 2. The maximum atomic E-state index is 12.6. The van der Waals surface area contributed by atoms with Gasteiger partial charge in [-0.3, -0.25) is 18.9 Å². The number of nitrogens with two attached hydrogens (primary N) is 1. The number of aromatic hydroxyl groups is 2. The van der Waals surface area contributed by atoms with E-state index >= 15 is 0 Å². The van der Waals surface area contributed by atoms with Crippen molar-refractivity contribution in [2.45, 2.75) is 69.8 Å². The van der Waals surface area contributed by atoms with Gasteiger partial charge >= 0.3 is 44.7 Å². The Morgan fingerprint density at radius 3 is 1.29 bits per heavy atom. The van der Waals surface area contributed by atoms with Crippen LogP contribution in [0.25, 0.3) is 0 Å². The van der Waals surface area contributed by atoms with Gasteiger partial charge in [-0.05, 0) is 45.4 Å². The van der Waals surface area contributed by atoms with Crippen LogP contribution in [0.3, 0.4) is 0 Å². The Morgan fingerprint density at radius 1 is 0.653 bits per heavy atom. The van der Waals surface area contributed by atoms with Crippen molar-refractivity contribution >= 4 is 15.2 Å². The second-order valence-electron chi connectivity index (χ2n) is 10.3. The molecule has 0 aromatic heterocycles. The van der Waals surface area contributed by atoms with Gasteiger partial charge in [-0.25, -0.2) is 0 Å². The molecule has 4 unspecified atom stereocenters. The molecule has 0 amide bonds. The average molecular weight is 793 g/mol. The van der Waals surface area contributed by atoms with Crippen LogP contribution < -0.4 is 35.3 Å². The first-order chi connectivity index (χ1) is 22.1. The van der Waals surface area contributed by atoms with Gasteiger partial charge in [-0.15, -0.1) is 0 Å². The summed E-state index contributed by atoms with van der Waals surface area (Å²) in [5, 5.41) is 67.0. The number of rotatable bonds is 18. The third-order valence-electron chi connectivity index (χ3n) is 7.00. The number of aliphatic hydroxyl groups is 5. The van der Waals surface area contributed by atoms with E-state index in [1.807, 2.05) is 0 Å². The van der Waals surface area contributed by atoms with E-state index in [9.17, 15) is 54.2 Å². The zero-order chi connectivity index (χ0) is 36.2. The van der Waals surface area contributed by atoms with Crippen LogP contribution in [0.4, 0.5) is 0 Å². The van der Waals surface area contributed by atoms with Crippen molar-refractivity contribution < 1.29 is 111 Å². The van der Waals surface area contributed by atoms with Gasteiger partial charge in [0.2, 0.25) is 0 Å². The smallest absolute Gasteiger partial charge is 0.508 e. The van der Waals surface area contributed by atoms with E-state index in [4.69, 9.17) is 15.9 Å². The quantitative estimate of drug-likeness (QED) is 0.0414. The number of aliphatic hydroxyl groups excluding tert-OH is 5. The van der Waals surface area contributed by atoms with Gasteiger partial charge in [-0.2, -0.15) is 0 Å². The first-order valence-electron chi connectivity index (χ1n) is 15.0. The molecule has 0 radical (unpaired) electrons. The molecule has 0 heterocycles. The van der Waals surface area contributed by atoms with Crippen molar-refractivity contribution in [2.24, 2.45) is 5.73 Å². The Bertz CT molecular complexity index is 1230. The van der Waals surface area contributed by atoms with Crippen LogP contribution >= 0.6 is 15.2 Å². The number of phenolic OH excluding ortho intramolecular Hbond substituents is 2. The summed E-state index contributed by atoms with van der Waals surface area (Å²) in [5.41, 5.74) is 6.11. The monoisotopic (exact) mass is 792 g/mol. The molecule has 0 saturated heterocycles. The molecule has 20 heteroatoms. The van der Waals surface area contributed by atoms with E-state index in [0.29, 0.717) is 12.8 Å². The SMILES string of the molecule is CCO.CCO.NCCCCC(C(CO)N(Cc1ccccc1O)C(CO)P(=O)(O)O)N(Cc1ccccc1O)C(CO)P(=O)(O)O.[Fe].[Na+]. The maximum absolute atomic E-state index is 12.6. The summed E-state index contributed by atoms with van der Waals surface area (Å²) >= 11 is 0. The summed E-state index contributed by atoms with van der Waals surface area (Å²) in [5.74, 6) is -4.11. The summed E-state index contributed by atoms with van der Waals surface area (Å²) in [4.78, 5) is 43.1. The number of nitrogens with zero attached hydrogens (tertiary/aromatic N) is 2. The number of benzene rings is 2. The van der Waals surface area contributed by atoms with Crippen molar-refractivity contribution in [2.75, 3.05) is 39.6 Å². The van der Waals surface area contributed by atoms with Crippen LogP contribution in [0.2, 0.25) is 0 Å². The molecule has 2 rings (SSSR count). The van der Waals surface area contributed by atoms with Crippen LogP contribution in [0, 0.1) is 0 Å². The third kappa shape index (κ3) is 18.7. The minimum absolute atomic E-state index is 0. The van der Waals surface area contributed by atoms with Crippen LogP contribution in [0.1, 0.15) is 44.2 Å². The molecule has 0 aliphatic rings. The molecule has 0 aliphatic heterocycles. The Kier molecular flexibility index (Phi) is 30.3. The number of hydrogen-bond acceptors (Lipinski definition) is 12. The largest absolute Gasteiger partial charge is 1.00 e. The van der Waals surface area contributed by atoms with Crippen LogP contribution in [0.15, 0.2) is 48.5 Å². The van der Waals surface area contributed by atoms with Crippen molar-refractivity contribution in [1.82, 2.24) is 9.80 Å². The molecule has 49 heavy (non-hydrogen) atoms. The Balaban J connectivity index is -0.00000245. The summed E-state index contributed by atoms with van der Waals surface area (Å²) in [7, 11) is -10.2. The van der Waals surface area contributed by atoms with Crippen molar-refractivity contribution in [3.8, 4) is 11.5 Å². The summed E-state index contributed by atoms with van der Waals surface area (Å²) in [6.45, 7) is 0.563. The standard InChI is InChI=1S/C25H41N3O11P2.2C2H6O.Fe.Na/c26-12-6-5-9-20(27(24(16-30)40(34,35)36)13-18-7-1-3-10-22(18)32)21(15-29)28(25(17-31)41(37,38)39)14-19-8-2-4-11-23(19)33;2*1-2-3;;/h1-4,7-8,10-11,20-21,24-25,29-33H,5-6,9,12-17,26H2,(H2,34,35,36)(H2,37,38,39);2*3H,2H2,1H3;;/q;;;;+1. The summed E-state index contributed by atoms with van der Waals surface area (Å²) in [6.07, 6.45) is 0.904. The third-order valence-corrected chi connectivity index (χ3v) is 9.47. The topological polar surface area (TPSA) is 289 Å². The van der Waals surface area contributed by atoms with Gasteiger partial charge in [0.15, 0.2) is 0 Å². The first kappa shape index (κ1) is 52.9. The molecule has 0 bridgehead atoms. The Labute approximate surface area is 320 Å². The van der Waals surface area contributed by atoms with E-state index in [-0.39, 0.29) is 109 Å². The number of hydrogen-bond donors (Lipinski definition) is 12. The molecule has 0 fully saturated rings. The van der Waals surface area contributed by atoms with Gasteiger partial charge < -0.3 is 61.1 Å². The van der Waals surface area contributed by atoms with Gasteiger partial charge in [0.05, 0.1) is 19.8 Å². The minimum Gasteiger partial charge on any atom is -0.508 e. The van der Waals surface area contributed by atoms with Gasteiger partial charge in [-0.1, -0.05) is 42.8 Å². The molecular weight excluding hydrogens is 739 g/mol. The van der Waals surface area contributed by atoms with Crippen molar-refractivity contribution in [3.05, 3.63) is 59.7 Å². The zero-order valence-electron chi connectivity index (χ0n) is 28.2. The fourth-order valence-electron chi connectivity index (χ4n) is 4.90. The second kappa shape index (κ2) is 28.1. The molecule has 0 spiro atoms. The molecular formula is C29H53FeN3NaO13P2+. The van der Waals surface area contributed by atoms with E-state index < -0.39 is 58.7 Å². The van der Waals surface area contributed by atoms with E-state index in [0.717, 1.165) is 4.90 Å². The van der Waals surface area contributed by atoms with Gasteiger partial charge in [0, 0.05) is 66.6 Å². The average Bonchev–Trinajstić information content (AvgIpc) is 2.98.